The van der Waals surface area contributed by atoms with E-state index >= 15 is 0 Å². The van der Waals surface area contributed by atoms with Crippen LogP contribution in [0.25, 0.3) is 5.69 Å². The summed E-state index contributed by atoms with van der Waals surface area (Å²) in [4.78, 5) is 0. The van der Waals surface area contributed by atoms with E-state index in [0.717, 1.165) is 9.26 Å². The fourth-order valence-corrected chi connectivity index (χ4v) is 1.80. The van der Waals surface area contributed by atoms with Crippen LogP contribution in [0.5, 0.6) is 0 Å². The molecular weight excluding hydrogens is 299 g/mol. The van der Waals surface area contributed by atoms with Crippen molar-refractivity contribution in [3.63, 3.8) is 0 Å². The number of nitrogens with zero attached hydrogens (tertiary/aromatic N) is 3. The summed E-state index contributed by atoms with van der Waals surface area (Å²) in [5.41, 5.74) is 0.970. The zero-order chi connectivity index (χ0) is 9.26. The van der Waals surface area contributed by atoms with Crippen molar-refractivity contribution in [2.45, 2.75) is 0 Å². The standard InChI is InChI=1S/C7H5IN4S/c8-5-3-1-2-4-6(5)12-7(13)9-10-11-12/h1-4H,(H,9,11,13). The zero-order valence-electron chi connectivity index (χ0n) is 6.44. The van der Waals surface area contributed by atoms with E-state index in [-0.39, 0.29) is 0 Å². The second kappa shape index (κ2) is 3.54. The number of para-hydroxylation sites is 1. The van der Waals surface area contributed by atoms with Crippen LogP contribution in [-0.4, -0.2) is 20.2 Å². The van der Waals surface area contributed by atoms with Crippen LogP contribution < -0.4 is 0 Å². The van der Waals surface area contributed by atoms with Gasteiger partial charge in [0.05, 0.1) is 5.69 Å². The van der Waals surface area contributed by atoms with Gasteiger partial charge in [-0.2, -0.15) is 5.21 Å². The van der Waals surface area contributed by atoms with Crippen LogP contribution in [-0.2, 0) is 0 Å². The Morgan fingerprint density at radius 2 is 2.15 bits per heavy atom. The topological polar surface area (TPSA) is 46.5 Å². The molecule has 1 heterocycles. The summed E-state index contributed by atoms with van der Waals surface area (Å²) in [6.07, 6.45) is 0. The molecule has 2 aromatic rings. The van der Waals surface area contributed by atoms with Gasteiger partial charge in [0.25, 0.3) is 0 Å². The zero-order valence-corrected chi connectivity index (χ0v) is 9.41. The summed E-state index contributed by atoms with van der Waals surface area (Å²) in [6, 6.07) is 7.87. The number of nitrogens with one attached hydrogen (secondary N) is 1. The van der Waals surface area contributed by atoms with E-state index in [1.165, 1.54) is 0 Å². The third-order valence-corrected chi connectivity index (χ3v) is 2.74. The van der Waals surface area contributed by atoms with E-state index in [1.807, 2.05) is 24.3 Å². The Kier molecular flexibility index (Phi) is 2.40. The van der Waals surface area contributed by atoms with Crippen molar-refractivity contribution in [3.05, 3.63) is 32.6 Å². The van der Waals surface area contributed by atoms with E-state index in [9.17, 15) is 0 Å². The third-order valence-electron chi connectivity index (χ3n) is 1.56. The van der Waals surface area contributed by atoms with E-state index in [4.69, 9.17) is 12.2 Å². The molecule has 66 valence electrons. The Bertz CT molecular complexity index is 475. The maximum atomic E-state index is 4.98. The highest BCUT2D eigenvalue weighted by Gasteiger charge is 2.02. The van der Waals surface area contributed by atoms with Crippen LogP contribution in [0.3, 0.4) is 0 Å². The van der Waals surface area contributed by atoms with E-state index in [1.54, 1.807) is 4.68 Å². The Morgan fingerprint density at radius 3 is 2.77 bits per heavy atom. The van der Waals surface area contributed by atoms with Gasteiger partial charge in [0.15, 0.2) is 0 Å². The third kappa shape index (κ3) is 1.63. The number of hydrogen-bond acceptors (Lipinski definition) is 3. The summed E-state index contributed by atoms with van der Waals surface area (Å²) >= 11 is 7.22. The molecule has 0 fully saturated rings. The number of aromatic amines is 1. The Hall–Kier alpha value is -0.760. The summed E-state index contributed by atoms with van der Waals surface area (Å²) in [7, 11) is 0. The second-order valence-electron chi connectivity index (χ2n) is 2.37. The summed E-state index contributed by atoms with van der Waals surface area (Å²) in [5.74, 6) is 0. The van der Waals surface area contributed by atoms with Gasteiger partial charge in [-0.05, 0) is 46.9 Å². The van der Waals surface area contributed by atoms with Gasteiger partial charge >= 0.3 is 0 Å². The molecule has 0 saturated carbocycles. The molecule has 0 aliphatic carbocycles. The monoisotopic (exact) mass is 304 g/mol. The van der Waals surface area contributed by atoms with Crippen LogP contribution in [0.2, 0.25) is 0 Å². The average Bonchev–Trinajstić information content (AvgIpc) is 2.52. The van der Waals surface area contributed by atoms with Gasteiger partial charge < -0.3 is 0 Å². The van der Waals surface area contributed by atoms with Crippen LogP contribution in [0.4, 0.5) is 0 Å². The first-order chi connectivity index (χ1) is 6.29. The number of aromatic nitrogens is 4. The highest BCUT2D eigenvalue weighted by molar-refractivity contribution is 14.1. The van der Waals surface area contributed by atoms with E-state index < -0.39 is 0 Å². The summed E-state index contributed by atoms with van der Waals surface area (Å²) in [6.45, 7) is 0. The maximum absolute atomic E-state index is 4.98. The SMILES string of the molecule is S=c1nn[nH]n1-c1ccccc1I. The minimum absolute atomic E-state index is 0.434. The molecular formula is C7H5IN4S. The van der Waals surface area contributed by atoms with Crippen molar-refractivity contribution in [2.24, 2.45) is 0 Å². The Labute approximate surface area is 93.1 Å². The van der Waals surface area contributed by atoms with Crippen molar-refractivity contribution in [2.75, 3.05) is 0 Å². The van der Waals surface area contributed by atoms with Crippen LogP contribution >= 0.6 is 34.8 Å². The first-order valence-electron chi connectivity index (χ1n) is 3.54. The van der Waals surface area contributed by atoms with E-state index in [0.29, 0.717) is 4.77 Å². The Balaban J connectivity index is 2.66. The van der Waals surface area contributed by atoms with Gasteiger partial charge in [-0.3, -0.25) is 0 Å². The molecule has 6 heteroatoms. The normalized spacial score (nSPS) is 10.2. The average molecular weight is 304 g/mol. The molecule has 1 aromatic carbocycles. The summed E-state index contributed by atoms with van der Waals surface area (Å²) < 4.78 is 3.20. The minimum atomic E-state index is 0.434. The lowest BCUT2D eigenvalue weighted by Crippen LogP contribution is -1.98. The van der Waals surface area contributed by atoms with Gasteiger partial charge in [0, 0.05) is 3.57 Å². The lowest BCUT2D eigenvalue weighted by molar-refractivity contribution is 0.783. The van der Waals surface area contributed by atoms with Crippen molar-refractivity contribution < 1.29 is 0 Å². The number of hydrogen-bond donors (Lipinski definition) is 1. The van der Waals surface area contributed by atoms with Crippen molar-refractivity contribution in [3.8, 4) is 5.69 Å². The molecule has 0 saturated heterocycles. The number of tetrazole rings is 1. The first-order valence-corrected chi connectivity index (χ1v) is 5.03. The smallest absolute Gasteiger partial charge is 0.208 e. The fraction of sp³-hybridized carbons (Fsp3) is 0. The van der Waals surface area contributed by atoms with Crippen molar-refractivity contribution >= 4 is 34.8 Å². The molecule has 0 unspecified atom stereocenters. The van der Waals surface area contributed by atoms with Gasteiger partial charge in [0.1, 0.15) is 0 Å². The van der Waals surface area contributed by atoms with Crippen LogP contribution in [0.15, 0.2) is 24.3 Å². The molecule has 4 nitrogen and oxygen atoms in total. The maximum Gasteiger partial charge on any atom is 0.242 e. The lowest BCUT2D eigenvalue weighted by atomic mass is 10.3. The minimum Gasteiger partial charge on any atom is -0.208 e. The molecule has 0 amide bonds. The summed E-state index contributed by atoms with van der Waals surface area (Å²) in [5, 5.41) is 10.0. The predicted octanol–water partition coefficient (Wildman–Crippen LogP) is 1.93. The highest BCUT2D eigenvalue weighted by atomic mass is 127. The van der Waals surface area contributed by atoms with Crippen LogP contribution in [0.1, 0.15) is 0 Å². The van der Waals surface area contributed by atoms with Gasteiger partial charge in [-0.25, -0.2) is 4.68 Å². The van der Waals surface area contributed by atoms with Gasteiger partial charge in [0.2, 0.25) is 4.77 Å². The quantitative estimate of drug-likeness (QED) is 0.647. The molecule has 0 bridgehead atoms. The Morgan fingerprint density at radius 1 is 1.38 bits per heavy atom. The number of benzene rings is 1. The highest BCUT2D eigenvalue weighted by Crippen LogP contribution is 2.14. The molecule has 0 aliphatic rings. The molecule has 0 radical (unpaired) electrons. The molecule has 13 heavy (non-hydrogen) atoms. The molecule has 1 N–H and O–H groups in total. The number of halogens is 1. The number of rotatable bonds is 1. The lowest BCUT2D eigenvalue weighted by Gasteiger charge is -2.01. The van der Waals surface area contributed by atoms with Crippen molar-refractivity contribution in [1.29, 1.82) is 0 Å². The van der Waals surface area contributed by atoms with Crippen molar-refractivity contribution in [1.82, 2.24) is 20.2 Å². The van der Waals surface area contributed by atoms with Gasteiger partial charge in [-0.1, -0.05) is 22.4 Å². The molecule has 1 aromatic heterocycles. The second-order valence-corrected chi connectivity index (χ2v) is 3.90. The molecule has 0 aliphatic heterocycles. The largest absolute Gasteiger partial charge is 0.242 e. The number of H-pyrrole nitrogens is 1. The van der Waals surface area contributed by atoms with E-state index in [2.05, 4.69) is 38.1 Å². The molecule has 0 spiro atoms. The predicted molar refractivity (Wildman–Crippen MR) is 59.3 cm³/mol. The first kappa shape index (κ1) is 8.82. The van der Waals surface area contributed by atoms with Gasteiger partial charge in [-0.15, -0.1) is 0 Å². The molecule has 2 rings (SSSR count). The molecule has 0 atom stereocenters. The fourth-order valence-electron chi connectivity index (χ4n) is 0.987. The van der Waals surface area contributed by atoms with Crippen LogP contribution in [0, 0.1) is 8.34 Å².